The topological polar surface area (TPSA) is 39.7 Å². The van der Waals surface area contributed by atoms with Crippen LogP contribution in [0.4, 0.5) is 0 Å². The van der Waals surface area contributed by atoms with Gasteiger partial charge in [-0.3, -0.25) is 4.99 Å². The fourth-order valence-electron chi connectivity index (χ4n) is 2.72. The molecule has 0 aromatic rings. The van der Waals surface area contributed by atoms with E-state index in [9.17, 15) is 0 Å². The maximum atomic E-state index is 4.29. The fraction of sp³-hybridized carbons (Fsp3) is 0.938. The van der Waals surface area contributed by atoms with Crippen LogP contribution >= 0.6 is 0 Å². The van der Waals surface area contributed by atoms with Crippen LogP contribution < -0.4 is 10.6 Å². The SMILES string of the molecule is CCCCCNC(=NC)NCC(C)CN1CCCCC1. The van der Waals surface area contributed by atoms with Crippen molar-refractivity contribution < 1.29 is 0 Å². The van der Waals surface area contributed by atoms with E-state index in [1.807, 2.05) is 7.05 Å². The van der Waals surface area contributed by atoms with Crippen LogP contribution in [0.5, 0.6) is 0 Å². The van der Waals surface area contributed by atoms with Crippen molar-refractivity contribution in [2.45, 2.75) is 52.4 Å². The van der Waals surface area contributed by atoms with Crippen molar-refractivity contribution >= 4 is 5.96 Å². The first-order chi connectivity index (χ1) is 9.76. The number of rotatable bonds is 8. The number of nitrogens with one attached hydrogen (secondary N) is 2. The van der Waals surface area contributed by atoms with E-state index in [2.05, 4.69) is 34.4 Å². The van der Waals surface area contributed by atoms with Gasteiger partial charge in [0.05, 0.1) is 0 Å². The Morgan fingerprint density at radius 3 is 2.55 bits per heavy atom. The smallest absolute Gasteiger partial charge is 0.190 e. The molecule has 1 rings (SSSR count). The molecular formula is C16H34N4. The molecule has 4 heteroatoms. The molecule has 1 aliphatic rings. The van der Waals surface area contributed by atoms with Crippen LogP contribution in [0.15, 0.2) is 4.99 Å². The lowest BCUT2D eigenvalue weighted by molar-refractivity contribution is 0.201. The van der Waals surface area contributed by atoms with Crippen LogP contribution in [-0.4, -0.2) is 50.6 Å². The number of aliphatic imine (C=N–C) groups is 1. The molecule has 118 valence electrons. The Kier molecular flexibility index (Phi) is 9.46. The molecule has 1 saturated heterocycles. The molecule has 1 atom stereocenters. The number of guanidine groups is 1. The Labute approximate surface area is 125 Å². The molecule has 0 radical (unpaired) electrons. The molecular weight excluding hydrogens is 248 g/mol. The van der Waals surface area contributed by atoms with E-state index in [4.69, 9.17) is 0 Å². The summed E-state index contributed by atoms with van der Waals surface area (Å²) in [7, 11) is 1.85. The predicted octanol–water partition coefficient (Wildman–Crippen LogP) is 2.46. The summed E-state index contributed by atoms with van der Waals surface area (Å²) in [5.41, 5.74) is 0. The Morgan fingerprint density at radius 1 is 1.15 bits per heavy atom. The zero-order valence-electron chi connectivity index (χ0n) is 13.7. The lowest BCUT2D eigenvalue weighted by Gasteiger charge is -2.29. The monoisotopic (exact) mass is 282 g/mol. The van der Waals surface area contributed by atoms with Crippen molar-refractivity contribution in [1.82, 2.24) is 15.5 Å². The van der Waals surface area contributed by atoms with Crippen molar-refractivity contribution in [1.29, 1.82) is 0 Å². The first-order valence-corrected chi connectivity index (χ1v) is 8.43. The van der Waals surface area contributed by atoms with Crippen LogP contribution in [0.2, 0.25) is 0 Å². The number of hydrogen-bond acceptors (Lipinski definition) is 2. The van der Waals surface area contributed by atoms with Crippen LogP contribution in [-0.2, 0) is 0 Å². The Hall–Kier alpha value is -0.770. The molecule has 1 fully saturated rings. The zero-order chi connectivity index (χ0) is 14.6. The summed E-state index contributed by atoms with van der Waals surface area (Å²) in [5.74, 6) is 1.62. The molecule has 1 unspecified atom stereocenters. The molecule has 4 nitrogen and oxygen atoms in total. The highest BCUT2D eigenvalue weighted by Gasteiger charge is 2.13. The van der Waals surface area contributed by atoms with Gasteiger partial charge < -0.3 is 15.5 Å². The number of unbranched alkanes of at least 4 members (excludes halogenated alkanes) is 2. The molecule has 0 bridgehead atoms. The maximum Gasteiger partial charge on any atom is 0.190 e. The summed E-state index contributed by atoms with van der Waals surface area (Å²) >= 11 is 0. The molecule has 0 spiro atoms. The van der Waals surface area contributed by atoms with Crippen molar-refractivity contribution in [3.8, 4) is 0 Å². The van der Waals surface area contributed by atoms with Crippen LogP contribution in [0, 0.1) is 5.92 Å². The van der Waals surface area contributed by atoms with E-state index in [0.717, 1.165) is 19.0 Å². The first kappa shape index (κ1) is 17.3. The number of likely N-dealkylation sites (tertiary alicyclic amines) is 1. The second-order valence-electron chi connectivity index (χ2n) is 6.05. The quantitative estimate of drug-likeness (QED) is 0.408. The second kappa shape index (κ2) is 11.0. The molecule has 2 N–H and O–H groups in total. The third kappa shape index (κ3) is 7.73. The molecule has 1 heterocycles. The standard InChI is InChI=1S/C16H34N4/c1-4-5-7-10-18-16(17-3)19-13-15(2)14-20-11-8-6-9-12-20/h15H,4-14H2,1-3H3,(H2,17,18,19). The lowest BCUT2D eigenvalue weighted by Crippen LogP contribution is -2.42. The number of hydrogen-bond donors (Lipinski definition) is 2. The highest BCUT2D eigenvalue weighted by atomic mass is 15.2. The van der Waals surface area contributed by atoms with Crippen molar-refractivity contribution in [2.75, 3.05) is 39.8 Å². The Morgan fingerprint density at radius 2 is 1.90 bits per heavy atom. The van der Waals surface area contributed by atoms with E-state index in [1.165, 1.54) is 58.2 Å². The third-order valence-corrected chi connectivity index (χ3v) is 3.93. The molecule has 0 saturated carbocycles. The minimum absolute atomic E-state index is 0.669. The van der Waals surface area contributed by atoms with Gasteiger partial charge in [0.2, 0.25) is 0 Å². The molecule has 0 aliphatic carbocycles. The summed E-state index contributed by atoms with van der Waals surface area (Å²) in [4.78, 5) is 6.89. The molecule has 1 aliphatic heterocycles. The van der Waals surface area contributed by atoms with Gasteiger partial charge in [0, 0.05) is 26.7 Å². The number of nitrogens with zero attached hydrogens (tertiary/aromatic N) is 2. The van der Waals surface area contributed by atoms with E-state index in [1.54, 1.807) is 0 Å². The van der Waals surface area contributed by atoms with Crippen LogP contribution in [0.25, 0.3) is 0 Å². The first-order valence-electron chi connectivity index (χ1n) is 8.43. The van der Waals surface area contributed by atoms with E-state index in [0.29, 0.717) is 5.92 Å². The van der Waals surface area contributed by atoms with E-state index in [-0.39, 0.29) is 0 Å². The normalized spacial score (nSPS) is 18.9. The van der Waals surface area contributed by atoms with Gasteiger partial charge in [0.15, 0.2) is 5.96 Å². The van der Waals surface area contributed by atoms with Crippen molar-refractivity contribution in [3.63, 3.8) is 0 Å². The van der Waals surface area contributed by atoms with Gasteiger partial charge in [-0.1, -0.05) is 33.1 Å². The van der Waals surface area contributed by atoms with Gasteiger partial charge in [-0.15, -0.1) is 0 Å². The highest BCUT2D eigenvalue weighted by molar-refractivity contribution is 5.79. The van der Waals surface area contributed by atoms with Crippen LogP contribution in [0.3, 0.4) is 0 Å². The fourth-order valence-corrected chi connectivity index (χ4v) is 2.72. The zero-order valence-corrected chi connectivity index (χ0v) is 13.7. The predicted molar refractivity (Wildman–Crippen MR) is 88.3 cm³/mol. The summed E-state index contributed by atoms with van der Waals surface area (Å²) in [6, 6.07) is 0. The van der Waals surface area contributed by atoms with Crippen molar-refractivity contribution in [2.24, 2.45) is 10.9 Å². The third-order valence-electron chi connectivity index (χ3n) is 3.93. The van der Waals surface area contributed by atoms with Gasteiger partial charge in [0.1, 0.15) is 0 Å². The van der Waals surface area contributed by atoms with Crippen molar-refractivity contribution in [3.05, 3.63) is 0 Å². The molecule has 0 aromatic carbocycles. The highest BCUT2D eigenvalue weighted by Crippen LogP contribution is 2.10. The van der Waals surface area contributed by atoms with Gasteiger partial charge in [-0.2, -0.15) is 0 Å². The van der Waals surface area contributed by atoms with Gasteiger partial charge in [0.25, 0.3) is 0 Å². The van der Waals surface area contributed by atoms with Gasteiger partial charge in [-0.05, 0) is 38.3 Å². The molecule has 20 heavy (non-hydrogen) atoms. The second-order valence-corrected chi connectivity index (χ2v) is 6.05. The molecule has 0 amide bonds. The Balaban J connectivity index is 2.12. The summed E-state index contributed by atoms with van der Waals surface area (Å²) in [6.45, 7) is 10.4. The van der Waals surface area contributed by atoms with E-state index >= 15 is 0 Å². The lowest BCUT2D eigenvalue weighted by atomic mass is 10.1. The van der Waals surface area contributed by atoms with Gasteiger partial charge in [-0.25, -0.2) is 0 Å². The minimum atomic E-state index is 0.669. The average Bonchev–Trinajstić information content (AvgIpc) is 2.47. The van der Waals surface area contributed by atoms with Crippen LogP contribution in [0.1, 0.15) is 52.4 Å². The number of piperidine rings is 1. The average molecular weight is 282 g/mol. The minimum Gasteiger partial charge on any atom is -0.356 e. The Bertz CT molecular complexity index is 259. The maximum absolute atomic E-state index is 4.29. The summed E-state index contributed by atoms with van der Waals surface area (Å²) in [6.07, 6.45) is 7.94. The van der Waals surface area contributed by atoms with E-state index < -0.39 is 0 Å². The summed E-state index contributed by atoms with van der Waals surface area (Å²) < 4.78 is 0. The van der Waals surface area contributed by atoms with Gasteiger partial charge >= 0.3 is 0 Å². The molecule has 0 aromatic heterocycles. The largest absolute Gasteiger partial charge is 0.356 e. The summed E-state index contributed by atoms with van der Waals surface area (Å²) in [5, 5.41) is 6.84.